The van der Waals surface area contributed by atoms with Crippen LogP contribution in [-0.4, -0.2) is 18.2 Å². The van der Waals surface area contributed by atoms with Gasteiger partial charge in [-0.15, -0.1) is 0 Å². The molecule has 1 aliphatic rings. The summed E-state index contributed by atoms with van der Waals surface area (Å²) in [7, 11) is 0. The largest absolute Gasteiger partial charge is 0.418 e. The fraction of sp³-hybridized carbons (Fsp3) is 0.250. The van der Waals surface area contributed by atoms with Gasteiger partial charge in [-0.3, -0.25) is 9.79 Å². The van der Waals surface area contributed by atoms with E-state index in [1.807, 2.05) is 0 Å². The molecule has 0 saturated heterocycles. The Balaban J connectivity index is 3.07. The molecule has 1 aliphatic heterocycles. The Morgan fingerprint density at radius 2 is 2.15 bits per heavy atom. The highest BCUT2D eigenvalue weighted by Crippen LogP contribution is 2.27. The lowest BCUT2D eigenvalue weighted by Gasteiger charge is -2.08. The molecule has 0 radical (unpaired) electrons. The Hall–Kier alpha value is -1.39. The number of carbonyl (C=O) groups excluding carboxylic acids is 1. The molecule has 0 spiro atoms. The van der Waals surface area contributed by atoms with Crippen molar-refractivity contribution in [1.29, 1.82) is 0 Å². The van der Waals surface area contributed by atoms with E-state index in [9.17, 15) is 18.0 Å². The molecule has 0 saturated carbocycles. The molecule has 70 valence electrons. The third-order valence-corrected chi connectivity index (χ3v) is 1.47. The number of carbonyl (C=O) groups is 1. The number of allylic oxidation sites excluding steroid dienone is 3. The van der Waals surface area contributed by atoms with Gasteiger partial charge >= 0.3 is 6.18 Å². The lowest BCUT2D eigenvalue weighted by Crippen LogP contribution is -2.20. The Morgan fingerprint density at radius 3 is 2.69 bits per heavy atom. The maximum Gasteiger partial charge on any atom is 0.418 e. The van der Waals surface area contributed by atoms with Crippen molar-refractivity contribution in [1.82, 2.24) is 0 Å². The number of aldehydes is 1. The maximum atomic E-state index is 12.2. The van der Waals surface area contributed by atoms with Crippen LogP contribution in [0.15, 0.2) is 28.9 Å². The molecule has 0 N–H and O–H groups in total. The quantitative estimate of drug-likeness (QED) is 0.580. The molecule has 0 atom stereocenters. The van der Waals surface area contributed by atoms with Crippen LogP contribution >= 0.6 is 0 Å². The van der Waals surface area contributed by atoms with Crippen molar-refractivity contribution in [2.75, 3.05) is 0 Å². The summed E-state index contributed by atoms with van der Waals surface area (Å²) in [6, 6.07) is 0. The van der Waals surface area contributed by atoms with Crippen LogP contribution in [0.1, 0.15) is 6.42 Å². The summed E-state index contributed by atoms with van der Waals surface area (Å²) in [5.41, 5.74) is -1.53. The third-order valence-electron chi connectivity index (χ3n) is 1.47. The molecule has 0 fully saturated rings. The number of halogens is 3. The first-order valence-electron chi connectivity index (χ1n) is 3.51. The van der Waals surface area contributed by atoms with E-state index in [1.165, 1.54) is 12.3 Å². The molecule has 0 unspecified atom stereocenters. The van der Waals surface area contributed by atoms with Gasteiger partial charge in [0, 0.05) is 6.20 Å². The zero-order chi connectivity index (χ0) is 9.90. The Morgan fingerprint density at radius 1 is 1.46 bits per heavy atom. The second-order valence-corrected chi connectivity index (χ2v) is 2.37. The molecule has 0 aromatic carbocycles. The highest BCUT2D eigenvalue weighted by molar-refractivity contribution is 6.36. The minimum atomic E-state index is -4.51. The van der Waals surface area contributed by atoms with Crippen LogP contribution in [0, 0.1) is 0 Å². The molecule has 1 heterocycles. The van der Waals surface area contributed by atoms with E-state index in [2.05, 4.69) is 4.99 Å². The number of hydrogen-bond acceptors (Lipinski definition) is 2. The highest BCUT2D eigenvalue weighted by Gasteiger charge is 2.36. The van der Waals surface area contributed by atoms with E-state index in [1.54, 1.807) is 0 Å². The summed E-state index contributed by atoms with van der Waals surface area (Å²) < 4.78 is 36.7. The Bertz CT molecular complexity index is 299. The lowest BCUT2D eigenvalue weighted by molar-refractivity contribution is -0.104. The monoisotopic (exact) mass is 189 g/mol. The predicted molar refractivity (Wildman–Crippen MR) is 41.4 cm³/mol. The fourth-order valence-electron chi connectivity index (χ4n) is 0.909. The topological polar surface area (TPSA) is 29.4 Å². The van der Waals surface area contributed by atoms with Crippen LogP contribution in [0.4, 0.5) is 13.2 Å². The number of hydrogen-bond donors (Lipinski definition) is 0. The normalized spacial score (nSPS) is 17.5. The summed E-state index contributed by atoms with van der Waals surface area (Å²) in [4.78, 5) is 13.6. The van der Waals surface area contributed by atoms with Gasteiger partial charge in [0.25, 0.3) is 0 Å². The van der Waals surface area contributed by atoms with Gasteiger partial charge in [-0.2, -0.15) is 13.2 Å². The molecule has 1 rings (SSSR count). The average molecular weight is 189 g/mol. The summed E-state index contributed by atoms with van der Waals surface area (Å²) in [6.07, 6.45) is -0.686. The van der Waals surface area contributed by atoms with Gasteiger partial charge < -0.3 is 0 Å². The fourth-order valence-corrected chi connectivity index (χ4v) is 0.909. The minimum Gasteiger partial charge on any atom is -0.296 e. The standard InChI is InChI=1S/C8H6F3NO/c9-8(10,11)6-3-1-2-4-12-7(6)5-13/h2-5H,1H2. The molecule has 0 aliphatic carbocycles. The summed E-state index contributed by atoms with van der Waals surface area (Å²) in [6.45, 7) is 0. The third kappa shape index (κ3) is 2.27. The van der Waals surface area contributed by atoms with Crippen LogP contribution in [0.25, 0.3) is 0 Å². The zero-order valence-corrected chi connectivity index (χ0v) is 6.51. The van der Waals surface area contributed by atoms with Crippen LogP contribution in [-0.2, 0) is 4.79 Å². The Labute approximate surface area is 72.5 Å². The highest BCUT2D eigenvalue weighted by atomic mass is 19.4. The number of alkyl halides is 3. The van der Waals surface area contributed by atoms with Crippen LogP contribution in [0.2, 0.25) is 0 Å². The lowest BCUT2D eigenvalue weighted by atomic mass is 10.1. The zero-order valence-electron chi connectivity index (χ0n) is 6.51. The average Bonchev–Trinajstić information content (AvgIpc) is 2.26. The number of aliphatic imine (C=N–C) groups is 1. The molecule has 0 bridgehead atoms. The first-order chi connectivity index (χ1) is 6.05. The van der Waals surface area contributed by atoms with Crippen molar-refractivity contribution in [3.8, 4) is 0 Å². The van der Waals surface area contributed by atoms with Gasteiger partial charge in [0.2, 0.25) is 0 Å². The van der Waals surface area contributed by atoms with Crippen molar-refractivity contribution in [3.05, 3.63) is 23.9 Å². The van der Waals surface area contributed by atoms with Gasteiger partial charge in [0.05, 0.1) is 5.57 Å². The summed E-state index contributed by atoms with van der Waals surface area (Å²) in [5.74, 6) is 0. The van der Waals surface area contributed by atoms with Gasteiger partial charge in [-0.05, 0) is 6.42 Å². The van der Waals surface area contributed by atoms with Gasteiger partial charge in [-0.1, -0.05) is 12.2 Å². The van der Waals surface area contributed by atoms with E-state index in [0.29, 0.717) is 0 Å². The summed E-state index contributed by atoms with van der Waals surface area (Å²) in [5, 5.41) is 0. The Kier molecular flexibility index (Phi) is 2.65. The molecule has 5 heteroatoms. The second kappa shape index (κ2) is 3.55. The van der Waals surface area contributed by atoms with Crippen molar-refractivity contribution in [2.24, 2.45) is 4.99 Å². The van der Waals surface area contributed by atoms with Crippen LogP contribution < -0.4 is 0 Å². The van der Waals surface area contributed by atoms with Crippen molar-refractivity contribution >= 4 is 12.0 Å². The van der Waals surface area contributed by atoms with Crippen LogP contribution in [0.3, 0.4) is 0 Å². The first-order valence-corrected chi connectivity index (χ1v) is 3.51. The molecule has 0 aromatic heterocycles. The van der Waals surface area contributed by atoms with Crippen molar-refractivity contribution in [2.45, 2.75) is 12.6 Å². The second-order valence-electron chi connectivity index (χ2n) is 2.37. The van der Waals surface area contributed by atoms with E-state index in [0.717, 1.165) is 6.08 Å². The smallest absolute Gasteiger partial charge is 0.296 e. The van der Waals surface area contributed by atoms with Gasteiger partial charge in [-0.25, -0.2) is 0 Å². The summed E-state index contributed by atoms with van der Waals surface area (Å²) >= 11 is 0. The molecular weight excluding hydrogens is 183 g/mol. The van der Waals surface area contributed by atoms with Gasteiger partial charge in [0.15, 0.2) is 6.29 Å². The first kappa shape index (κ1) is 9.70. The molecule has 2 nitrogen and oxygen atoms in total. The molecule has 0 amide bonds. The number of rotatable bonds is 1. The van der Waals surface area contributed by atoms with Crippen molar-refractivity contribution < 1.29 is 18.0 Å². The molecular formula is C8H6F3NO. The van der Waals surface area contributed by atoms with E-state index >= 15 is 0 Å². The minimum absolute atomic E-state index is 0.106. The molecule has 13 heavy (non-hydrogen) atoms. The maximum absolute atomic E-state index is 12.2. The predicted octanol–water partition coefficient (Wildman–Crippen LogP) is 2.03. The molecule has 0 aromatic rings. The van der Waals surface area contributed by atoms with E-state index < -0.39 is 17.5 Å². The number of nitrogens with zero attached hydrogens (tertiary/aromatic N) is 1. The van der Waals surface area contributed by atoms with Crippen molar-refractivity contribution in [3.63, 3.8) is 0 Å². The van der Waals surface area contributed by atoms with E-state index in [4.69, 9.17) is 0 Å². The van der Waals surface area contributed by atoms with E-state index in [-0.39, 0.29) is 12.7 Å². The van der Waals surface area contributed by atoms with Crippen LogP contribution in [0.5, 0.6) is 0 Å². The SMILES string of the molecule is O=CC1=NC=CCC=C1C(F)(F)F. The van der Waals surface area contributed by atoms with Gasteiger partial charge in [0.1, 0.15) is 5.71 Å².